The Morgan fingerprint density at radius 3 is 2.11 bits per heavy atom. The van der Waals surface area contributed by atoms with Gasteiger partial charge in [0.2, 0.25) is 5.91 Å². The summed E-state index contributed by atoms with van der Waals surface area (Å²) in [5, 5.41) is 3.93. The Hall–Kier alpha value is -1.47. The first-order valence-electron chi connectivity index (χ1n) is 5.78. The maximum absolute atomic E-state index is 11.9. The molecule has 0 saturated carbocycles. The maximum atomic E-state index is 11.9. The third-order valence-corrected chi connectivity index (χ3v) is 1.88. The highest BCUT2D eigenvalue weighted by atomic mass is 19.4. The fourth-order valence-electron chi connectivity index (χ4n) is 1.11. The van der Waals surface area contributed by atoms with Gasteiger partial charge < -0.3 is 15.4 Å². The highest BCUT2D eigenvalue weighted by Crippen LogP contribution is 2.12. The first-order valence-corrected chi connectivity index (χ1v) is 5.78. The van der Waals surface area contributed by atoms with Gasteiger partial charge in [0.25, 0.3) is 0 Å². The van der Waals surface area contributed by atoms with E-state index in [1.165, 1.54) is 0 Å². The molecule has 8 heteroatoms. The zero-order valence-electron chi connectivity index (χ0n) is 11.4. The molecule has 2 amide bonds. The normalized spacial score (nSPS) is 13.6. The highest BCUT2D eigenvalue weighted by Gasteiger charge is 2.30. The number of carbonyl (C=O) groups excluding carboxylic acids is 2. The van der Waals surface area contributed by atoms with Crippen LogP contribution in [0.1, 0.15) is 34.1 Å². The molecule has 0 aromatic heterocycles. The summed E-state index contributed by atoms with van der Waals surface area (Å²) < 4.78 is 40.7. The SMILES string of the molecule is CCC(NC(=O)OC(C)(C)C)C(=O)NCC(F)(F)F. The zero-order valence-corrected chi connectivity index (χ0v) is 11.4. The molecule has 19 heavy (non-hydrogen) atoms. The van der Waals surface area contributed by atoms with Gasteiger partial charge in [-0.1, -0.05) is 6.92 Å². The molecule has 0 bridgehead atoms. The molecular formula is C11H19F3N2O3. The van der Waals surface area contributed by atoms with E-state index in [-0.39, 0.29) is 6.42 Å². The Morgan fingerprint density at radius 2 is 1.74 bits per heavy atom. The van der Waals surface area contributed by atoms with Gasteiger partial charge in [0.15, 0.2) is 0 Å². The van der Waals surface area contributed by atoms with Crippen LogP contribution in [0.25, 0.3) is 0 Å². The fourth-order valence-corrected chi connectivity index (χ4v) is 1.11. The molecule has 0 aromatic rings. The minimum atomic E-state index is -4.49. The van der Waals surface area contributed by atoms with Crippen LogP contribution in [-0.4, -0.2) is 36.4 Å². The molecule has 0 heterocycles. The molecular weight excluding hydrogens is 265 g/mol. The van der Waals surface area contributed by atoms with Crippen molar-refractivity contribution in [2.75, 3.05) is 6.54 Å². The Labute approximate surface area is 109 Å². The van der Waals surface area contributed by atoms with Crippen molar-refractivity contribution >= 4 is 12.0 Å². The van der Waals surface area contributed by atoms with E-state index in [9.17, 15) is 22.8 Å². The largest absolute Gasteiger partial charge is 0.444 e. The third kappa shape index (κ3) is 9.15. The third-order valence-electron chi connectivity index (χ3n) is 1.88. The lowest BCUT2D eigenvalue weighted by molar-refractivity contribution is -0.139. The number of rotatable bonds is 4. The number of halogens is 3. The van der Waals surface area contributed by atoms with Gasteiger partial charge in [-0.2, -0.15) is 13.2 Å². The van der Waals surface area contributed by atoms with Crippen molar-refractivity contribution in [2.45, 2.75) is 51.9 Å². The van der Waals surface area contributed by atoms with Gasteiger partial charge in [-0.25, -0.2) is 4.79 Å². The van der Waals surface area contributed by atoms with Gasteiger partial charge in [-0.3, -0.25) is 4.79 Å². The molecule has 5 nitrogen and oxygen atoms in total. The summed E-state index contributed by atoms with van der Waals surface area (Å²) in [4.78, 5) is 22.8. The summed E-state index contributed by atoms with van der Waals surface area (Å²) in [6.45, 7) is 5.04. The van der Waals surface area contributed by atoms with Crippen LogP contribution in [0.4, 0.5) is 18.0 Å². The van der Waals surface area contributed by atoms with E-state index in [1.807, 2.05) is 0 Å². The van der Waals surface area contributed by atoms with Crippen molar-refractivity contribution in [1.82, 2.24) is 10.6 Å². The first kappa shape index (κ1) is 17.5. The van der Waals surface area contributed by atoms with Crippen LogP contribution in [0.2, 0.25) is 0 Å². The van der Waals surface area contributed by atoms with Crippen LogP contribution in [0.15, 0.2) is 0 Å². The van der Waals surface area contributed by atoms with E-state index in [0.29, 0.717) is 0 Å². The van der Waals surface area contributed by atoms with Gasteiger partial charge >= 0.3 is 12.3 Å². The number of nitrogens with one attached hydrogen (secondary N) is 2. The number of alkyl carbamates (subject to hydrolysis) is 1. The number of ether oxygens (including phenoxy) is 1. The molecule has 0 aliphatic heterocycles. The number of amides is 2. The van der Waals surface area contributed by atoms with Gasteiger partial charge in [0.05, 0.1) is 0 Å². The molecule has 1 unspecified atom stereocenters. The standard InChI is InChI=1S/C11H19F3N2O3/c1-5-7(8(17)15-6-11(12,13)14)16-9(18)19-10(2,3)4/h7H,5-6H2,1-4H3,(H,15,17)(H,16,18). The summed E-state index contributed by atoms with van der Waals surface area (Å²) in [5.41, 5.74) is -0.745. The lowest BCUT2D eigenvalue weighted by atomic mass is 10.2. The molecule has 112 valence electrons. The van der Waals surface area contributed by atoms with Crippen LogP contribution in [0, 0.1) is 0 Å². The average molecular weight is 284 g/mol. The summed E-state index contributed by atoms with van der Waals surface area (Å²) in [6, 6.07) is -1.06. The van der Waals surface area contributed by atoms with Crippen LogP contribution >= 0.6 is 0 Å². The molecule has 0 aromatic carbocycles. The van der Waals surface area contributed by atoms with Crippen molar-refractivity contribution in [3.63, 3.8) is 0 Å². The molecule has 0 radical (unpaired) electrons. The maximum Gasteiger partial charge on any atom is 0.408 e. The van der Waals surface area contributed by atoms with E-state index >= 15 is 0 Å². The molecule has 0 aliphatic carbocycles. The number of hydrogen-bond acceptors (Lipinski definition) is 3. The Kier molecular flexibility index (Phi) is 6.11. The summed E-state index contributed by atoms with van der Waals surface area (Å²) >= 11 is 0. The van der Waals surface area contributed by atoms with E-state index in [2.05, 4.69) is 5.32 Å². The Morgan fingerprint density at radius 1 is 1.21 bits per heavy atom. The van der Waals surface area contributed by atoms with Crippen molar-refractivity contribution in [3.8, 4) is 0 Å². The summed E-state index contributed by atoms with van der Waals surface area (Å²) in [5.74, 6) is -0.898. The average Bonchev–Trinajstić information content (AvgIpc) is 2.18. The number of carbonyl (C=O) groups is 2. The van der Waals surface area contributed by atoms with Gasteiger partial charge in [0.1, 0.15) is 18.2 Å². The van der Waals surface area contributed by atoms with E-state index < -0.39 is 36.4 Å². The van der Waals surface area contributed by atoms with Crippen LogP contribution < -0.4 is 10.6 Å². The van der Waals surface area contributed by atoms with Crippen LogP contribution in [-0.2, 0) is 9.53 Å². The lowest BCUT2D eigenvalue weighted by Crippen LogP contribution is -2.49. The minimum Gasteiger partial charge on any atom is -0.444 e. The van der Waals surface area contributed by atoms with Crippen LogP contribution in [0.3, 0.4) is 0 Å². The van der Waals surface area contributed by atoms with E-state index in [4.69, 9.17) is 4.74 Å². The Bertz CT molecular complexity index is 324. The topological polar surface area (TPSA) is 67.4 Å². The molecule has 0 saturated heterocycles. The molecule has 0 spiro atoms. The quantitative estimate of drug-likeness (QED) is 0.829. The van der Waals surface area contributed by atoms with E-state index in [1.54, 1.807) is 33.0 Å². The van der Waals surface area contributed by atoms with Crippen LogP contribution in [0.5, 0.6) is 0 Å². The molecule has 0 aliphatic rings. The van der Waals surface area contributed by atoms with Gasteiger partial charge in [-0.05, 0) is 27.2 Å². The molecule has 0 rings (SSSR count). The molecule has 1 atom stereocenters. The first-order chi connectivity index (χ1) is 8.44. The van der Waals surface area contributed by atoms with Crippen molar-refractivity contribution in [1.29, 1.82) is 0 Å². The minimum absolute atomic E-state index is 0.156. The Balaban J connectivity index is 4.34. The fraction of sp³-hybridized carbons (Fsp3) is 0.818. The van der Waals surface area contributed by atoms with Gasteiger partial charge in [0, 0.05) is 0 Å². The second kappa shape index (κ2) is 6.63. The second-order valence-corrected chi connectivity index (χ2v) is 4.94. The summed E-state index contributed by atoms with van der Waals surface area (Å²) in [6.07, 6.45) is -5.18. The number of alkyl halides is 3. The van der Waals surface area contributed by atoms with Crippen molar-refractivity contribution in [2.24, 2.45) is 0 Å². The van der Waals surface area contributed by atoms with E-state index in [0.717, 1.165) is 0 Å². The second-order valence-electron chi connectivity index (χ2n) is 4.94. The monoisotopic (exact) mass is 284 g/mol. The lowest BCUT2D eigenvalue weighted by Gasteiger charge is -2.22. The highest BCUT2D eigenvalue weighted by molar-refractivity contribution is 5.85. The predicted octanol–water partition coefficient (Wildman–Crippen LogP) is 1.97. The molecule has 0 fully saturated rings. The van der Waals surface area contributed by atoms with Gasteiger partial charge in [-0.15, -0.1) is 0 Å². The smallest absolute Gasteiger partial charge is 0.408 e. The van der Waals surface area contributed by atoms with Crippen molar-refractivity contribution < 1.29 is 27.5 Å². The molecule has 2 N–H and O–H groups in total. The number of hydrogen-bond donors (Lipinski definition) is 2. The summed E-state index contributed by atoms with van der Waals surface area (Å²) in [7, 11) is 0. The zero-order chi connectivity index (χ0) is 15.3. The predicted molar refractivity (Wildman–Crippen MR) is 62.5 cm³/mol. The van der Waals surface area contributed by atoms with Crippen molar-refractivity contribution in [3.05, 3.63) is 0 Å².